The lowest BCUT2D eigenvalue weighted by Crippen LogP contribution is -2.28. The number of carbonyl (C=O) groups excluding carboxylic acids is 2. The number of nitrogens with one attached hydrogen (secondary N) is 2. The molecule has 8 heteroatoms. The molecule has 3 rings (SSSR count). The third-order valence-corrected chi connectivity index (χ3v) is 4.67. The minimum Gasteiger partial charge on any atom is -0.368 e. The minimum atomic E-state index is -0.539. The van der Waals surface area contributed by atoms with Crippen LogP contribution < -0.4 is 11.1 Å². The summed E-state index contributed by atoms with van der Waals surface area (Å²) in [6, 6.07) is 0. The number of amides is 2. The maximum Gasteiger partial charge on any atom is 0.252 e. The fraction of sp³-hybridized carbons (Fsp3) is 0.444. The number of fused-ring (bicyclic) bond motifs is 1. The van der Waals surface area contributed by atoms with Gasteiger partial charge in [0.1, 0.15) is 11.3 Å². The second-order valence-corrected chi connectivity index (χ2v) is 6.90. The van der Waals surface area contributed by atoms with E-state index in [1.165, 1.54) is 12.3 Å². The zero-order valence-corrected chi connectivity index (χ0v) is 15.1. The first-order valence-electron chi connectivity index (χ1n) is 8.74. The van der Waals surface area contributed by atoms with Crippen LogP contribution in [0.5, 0.6) is 0 Å². The second kappa shape index (κ2) is 7.15. The van der Waals surface area contributed by atoms with Crippen molar-refractivity contribution in [1.82, 2.24) is 19.9 Å². The molecule has 4 N–H and O–H groups in total. The summed E-state index contributed by atoms with van der Waals surface area (Å²) in [5.74, 6) is 0.580. The van der Waals surface area contributed by atoms with E-state index in [2.05, 4.69) is 26.8 Å². The largest absolute Gasteiger partial charge is 0.368 e. The number of likely N-dealkylation sites (tertiary alicyclic amines) is 1. The standard InChI is InChI=1S/C18H24N6O2/c1-4-13(25)24-6-5-11(9-24)7-20-17-14(10(2)3)22-18-15(23-17)12(8-21-18)16(19)26/h4,8,10-11H,1,5-7,9H2,2-3H3,(H2,19,26)(H,20,23)(H,21,22)/t11-/m0/s1. The van der Waals surface area contributed by atoms with Crippen LogP contribution in [0.1, 0.15) is 42.2 Å². The van der Waals surface area contributed by atoms with Crippen molar-refractivity contribution in [3.63, 3.8) is 0 Å². The summed E-state index contributed by atoms with van der Waals surface area (Å²) in [6.07, 6.45) is 3.82. The van der Waals surface area contributed by atoms with Gasteiger partial charge in [-0.2, -0.15) is 0 Å². The molecule has 0 bridgehead atoms. The highest BCUT2D eigenvalue weighted by molar-refractivity contribution is 6.03. The number of hydrogen-bond donors (Lipinski definition) is 3. The zero-order valence-electron chi connectivity index (χ0n) is 15.1. The van der Waals surface area contributed by atoms with Crippen LogP contribution in [0.3, 0.4) is 0 Å². The van der Waals surface area contributed by atoms with Gasteiger partial charge in [-0.05, 0) is 24.3 Å². The van der Waals surface area contributed by atoms with Crippen molar-refractivity contribution in [2.75, 3.05) is 25.0 Å². The lowest BCUT2D eigenvalue weighted by atomic mass is 10.1. The molecule has 2 aromatic rings. The van der Waals surface area contributed by atoms with E-state index in [4.69, 9.17) is 5.73 Å². The fourth-order valence-electron chi connectivity index (χ4n) is 3.24. The molecule has 3 heterocycles. The predicted molar refractivity (Wildman–Crippen MR) is 99.9 cm³/mol. The third-order valence-electron chi connectivity index (χ3n) is 4.67. The highest BCUT2D eigenvalue weighted by atomic mass is 16.2. The summed E-state index contributed by atoms with van der Waals surface area (Å²) in [7, 11) is 0. The number of hydrogen-bond acceptors (Lipinski definition) is 5. The topological polar surface area (TPSA) is 117 Å². The highest BCUT2D eigenvalue weighted by Crippen LogP contribution is 2.26. The predicted octanol–water partition coefficient (Wildman–Crippen LogP) is 1.63. The molecule has 1 saturated heterocycles. The van der Waals surface area contributed by atoms with E-state index in [1.807, 2.05) is 13.8 Å². The average molecular weight is 356 g/mol. The van der Waals surface area contributed by atoms with Crippen LogP contribution in [0, 0.1) is 5.92 Å². The molecule has 0 spiro atoms. The SMILES string of the molecule is C=CC(=O)N1CC[C@@H](CNc2nc3c(C(N)=O)c[nH]c3nc2C(C)C)C1. The lowest BCUT2D eigenvalue weighted by Gasteiger charge is -2.17. The van der Waals surface area contributed by atoms with E-state index < -0.39 is 5.91 Å². The molecule has 138 valence electrons. The van der Waals surface area contributed by atoms with Crippen LogP contribution in [-0.2, 0) is 4.79 Å². The molecule has 2 aromatic heterocycles. The number of anilines is 1. The van der Waals surface area contributed by atoms with E-state index in [1.54, 1.807) is 4.90 Å². The van der Waals surface area contributed by atoms with Gasteiger partial charge >= 0.3 is 0 Å². The summed E-state index contributed by atoms with van der Waals surface area (Å²) in [4.78, 5) is 37.3. The Hall–Kier alpha value is -2.90. The highest BCUT2D eigenvalue weighted by Gasteiger charge is 2.25. The molecule has 0 unspecified atom stereocenters. The molecule has 1 atom stereocenters. The van der Waals surface area contributed by atoms with Crippen LogP contribution >= 0.6 is 0 Å². The molecular weight excluding hydrogens is 332 g/mol. The number of nitrogens with zero attached hydrogens (tertiary/aromatic N) is 3. The Morgan fingerprint density at radius 3 is 2.92 bits per heavy atom. The van der Waals surface area contributed by atoms with Crippen molar-refractivity contribution in [3.8, 4) is 0 Å². The summed E-state index contributed by atoms with van der Waals surface area (Å²) in [5, 5.41) is 3.36. The van der Waals surface area contributed by atoms with E-state index in [-0.39, 0.29) is 11.8 Å². The van der Waals surface area contributed by atoms with Gasteiger partial charge in [0.15, 0.2) is 5.65 Å². The minimum absolute atomic E-state index is 0.0324. The van der Waals surface area contributed by atoms with Crippen molar-refractivity contribution in [1.29, 1.82) is 0 Å². The van der Waals surface area contributed by atoms with Gasteiger partial charge in [0.2, 0.25) is 5.91 Å². The molecule has 1 fully saturated rings. The number of carbonyl (C=O) groups is 2. The normalized spacial score (nSPS) is 17.0. The maximum absolute atomic E-state index is 11.7. The Balaban J connectivity index is 1.81. The van der Waals surface area contributed by atoms with E-state index >= 15 is 0 Å². The molecule has 2 amide bonds. The Bertz CT molecular complexity index is 857. The van der Waals surface area contributed by atoms with Crippen molar-refractivity contribution in [3.05, 3.63) is 30.1 Å². The quantitative estimate of drug-likeness (QED) is 0.680. The van der Waals surface area contributed by atoms with Crippen LogP contribution in [0.2, 0.25) is 0 Å². The fourth-order valence-corrected chi connectivity index (χ4v) is 3.24. The van der Waals surface area contributed by atoms with Crippen molar-refractivity contribution in [2.24, 2.45) is 11.7 Å². The smallest absolute Gasteiger partial charge is 0.252 e. The molecule has 1 aliphatic rings. The summed E-state index contributed by atoms with van der Waals surface area (Å²) in [6.45, 7) is 9.73. The molecule has 0 aliphatic carbocycles. The summed E-state index contributed by atoms with van der Waals surface area (Å²) >= 11 is 0. The van der Waals surface area contributed by atoms with Gasteiger partial charge in [-0.3, -0.25) is 9.59 Å². The van der Waals surface area contributed by atoms with Gasteiger partial charge < -0.3 is 20.9 Å². The van der Waals surface area contributed by atoms with E-state index in [0.29, 0.717) is 41.6 Å². The first kappa shape index (κ1) is 17.9. The van der Waals surface area contributed by atoms with Crippen LogP contribution in [-0.4, -0.2) is 51.3 Å². The van der Waals surface area contributed by atoms with Crippen molar-refractivity contribution in [2.45, 2.75) is 26.2 Å². The molecule has 0 aromatic carbocycles. The number of nitrogens with two attached hydrogens (primary N) is 1. The molecular formula is C18H24N6O2. The van der Waals surface area contributed by atoms with E-state index in [0.717, 1.165) is 18.7 Å². The average Bonchev–Trinajstić information content (AvgIpc) is 3.24. The Morgan fingerprint density at radius 2 is 2.27 bits per heavy atom. The van der Waals surface area contributed by atoms with Crippen LogP contribution in [0.15, 0.2) is 18.9 Å². The Morgan fingerprint density at radius 1 is 1.50 bits per heavy atom. The first-order chi connectivity index (χ1) is 12.4. The maximum atomic E-state index is 11.7. The monoisotopic (exact) mass is 356 g/mol. The molecule has 8 nitrogen and oxygen atoms in total. The van der Waals surface area contributed by atoms with Crippen molar-refractivity contribution >= 4 is 28.8 Å². The van der Waals surface area contributed by atoms with Gasteiger partial charge in [-0.1, -0.05) is 20.4 Å². The van der Waals surface area contributed by atoms with Crippen molar-refractivity contribution < 1.29 is 9.59 Å². The number of rotatable bonds is 6. The zero-order chi connectivity index (χ0) is 18.8. The van der Waals surface area contributed by atoms with Gasteiger partial charge in [0.05, 0.1) is 11.3 Å². The van der Waals surface area contributed by atoms with Gasteiger partial charge in [-0.15, -0.1) is 0 Å². The Labute approximate surface area is 151 Å². The second-order valence-electron chi connectivity index (χ2n) is 6.90. The van der Waals surface area contributed by atoms with Gasteiger partial charge in [-0.25, -0.2) is 9.97 Å². The summed E-state index contributed by atoms with van der Waals surface area (Å²) in [5.41, 5.74) is 7.59. The molecule has 0 saturated carbocycles. The van der Waals surface area contributed by atoms with Gasteiger partial charge in [0, 0.05) is 25.8 Å². The van der Waals surface area contributed by atoms with Crippen LogP contribution in [0.4, 0.5) is 5.82 Å². The number of aromatic nitrogens is 3. The molecule has 26 heavy (non-hydrogen) atoms. The van der Waals surface area contributed by atoms with E-state index in [9.17, 15) is 9.59 Å². The third kappa shape index (κ3) is 3.40. The Kier molecular flexibility index (Phi) is 4.92. The van der Waals surface area contributed by atoms with Crippen LogP contribution in [0.25, 0.3) is 11.2 Å². The summed E-state index contributed by atoms with van der Waals surface area (Å²) < 4.78 is 0. The molecule has 1 aliphatic heterocycles. The first-order valence-corrected chi connectivity index (χ1v) is 8.74. The number of H-pyrrole nitrogens is 1. The number of primary amides is 1. The molecule has 0 radical (unpaired) electrons. The lowest BCUT2D eigenvalue weighted by molar-refractivity contribution is -0.125. The van der Waals surface area contributed by atoms with Gasteiger partial charge in [0.25, 0.3) is 5.91 Å². The number of aromatic amines is 1.